The van der Waals surface area contributed by atoms with E-state index >= 15 is 0 Å². The van der Waals surface area contributed by atoms with Gasteiger partial charge < -0.3 is 9.30 Å². The van der Waals surface area contributed by atoms with Gasteiger partial charge in [-0.2, -0.15) is 13.2 Å². The maximum atomic E-state index is 12.8. The van der Waals surface area contributed by atoms with Crippen LogP contribution < -0.4 is 0 Å². The predicted octanol–water partition coefficient (Wildman–Crippen LogP) is 4.36. The molecule has 1 aromatic heterocycles. The summed E-state index contributed by atoms with van der Waals surface area (Å²) < 4.78 is 46.1. The van der Waals surface area contributed by atoms with Crippen molar-refractivity contribution < 1.29 is 17.9 Å². The van der Waals surface area contributed by atoms with Crippen LogP contribution in [0, 0.1) is 5.92 Å². The van der Waals surface area contributed by atoms with Crippen LogP contribution in [0.2, 0.25) is 0 Å². The highest BCUT2D eigenvalue weighted by atomic mass is 19.4. The second kappa shape index (κ2) is 6.34. The fourth-order valence-electron chi connectivity index (χ4n) is 2.66. The molecule has 1 atom stereocenters. The van der Waals surface area contributed by atoms with Crippen molar-refractivity contribution in [2.45, 2.75) is 32.6 Å². The minimum absolute atomic E-state index is 0.122. The Hall–Kier alpha value is -2.24. The molecule has 1 unspecified atom stereocenters. The van der Waals surface area contributed by atoms with E-state index in [0.29, 0.717) is 30.5 Å². The second-order valence-corrected chi connectivity index (χ2v) is 6.28. The fraction of sp³-hybridized carbons (Fsp3) is 0.389. The Morgan fingerprint density at radius 2 is 2.04 bits per heavy atom. The molecule has 1 aromatic carbocycles. The third kappa shape index (κ3) is 3.47. The summed E-state index contributed by atoms with van der Waals surface area (Å²) in [4.78, 5) is 4.58. The smallest absolute Gasteiger partial charge is 0.416 e. The molecule has 1 aliphatic heterocycles. The molecule has 24 heavy (non-hydrogen) atoms. The first-order valence-corrected chi connectivity index (χ1v) is 7.87. The standard InChI is InChI=1S/C18H19F3N2O/c1-12(2)15-11-24-17(22-15)16-7-4-8-23(16)10-13-5-3-6-14(9-13)18(19,20)21/h3-9,12,15H,10-11H2,1-2H3. The minimum atomic E-state index is -4.33. The monoisotopic (exact) mass is 336 g/mol. The first kappa shape index (κ1) is 16.6. The summed E-state index contributed by atoms with van der Waals surface area (Å²) in [5.41, 5.74) is 0.736. The van der Waals surface area contributed by atoms with E-state index in [1.165, 1.54) is 12.1 Å². The van der Waals surface area contributed by atoms with Crippen LogP contribution in [0.15, 0.2) is 47.6 Å². The SMILES string of the molecule is CC(C)C1COC(c2cccn2Cc2cccc(C(F)(F)F)c2)=N1. The topological polar surface area (TPSA) is 26.5 Å². The highest BCUT2D eigenvalue weighted by Gasteiger charge is 2.30. The number of benzene rings is 1. The van der Waals surface area contributed by atoms with E-state index in [0.717, 1.165) is 11.8 Å². The first-order valence-electron chi connectivity index (χ1n) is 7.87. The number of hydrogen-bond acceptors (Lipinski definition) is 2. The Bertz CT molecular complexity index is 747. The summed E-state index contributed by atoms with van der Waals surface area (Å²) in [6.45, 7) is 5.05. The van der Waals surface area contributed by atoms with Gasteiger partial charge >= 0.3 is 6.18 Å². The lowest BCUT2D eigenvalue weighted by atomic mass is 10.1. The third-order valence-electron chi connectivity index (χ3n) is 4.10. The Balaban J connectivity index is 1.84. The summed E-state index contributed by atoms with van der Waals surface area (Å²) in [5, 5.41) is 0. The van der Waals surface area contributed by atoms with Gasteiger partial charge in [0.15, 0.2) is 0 Å². The lowest BCUT2D eigenvalue weighted by molar-refractivity contribution is -0.137. The Labute approximate surface area is 138 Å². The average Bonchev–Trinajstić information content (AvgIpc) is 3.15. The number of alkyl halides is 3. The van der Waals surface area contributed by atoms with Crippen molar-refractivity contribution >= 4 is 5.90 Å². The molecular formula is C18H19F3N2O. The van der Waals surface area contributed by atoms with Gasteiger partial charge in [0.25, 0.3) is 0 Å². The van der Waals surface area contributed by atoms with Gasteiger partial charge in [0, 0.05) is 12.7 Å². The normalized spacial score (nSPS) is 17.9. The molecule has 0 amide bonds. The van der Waals surface area contributed by atoms with Crippen LogP contribution in [-0.4, -0.2) is 23.1 Å². The Morgan fingerprint density at radius 3 is 2.71 bits per heavy atom. The molecule has 0 fully saturated rings. The summed E-state index contributed by atoms with van der Waals surface area (Å²) in [6, 6.07) is 9.21. The lowest BCUT2D eigenvalue weighted by Crippen LogP contribution is -2.13. The molecule has 0 aliphatic carbocycles. The molecule has 6 heteroatoms. The lowest BCUT2D eigenvalue weighted by Gasteiger charge is -2.11. The van der Waals surface area contributed by atoms with E-state index < -0.39 is 11.7 Å². The van der Waals surface area contributed by atoms with Gasteiger partial charge in [0.2, 0.25) is 5.90 Å². The van der Waals surface area contributed by atoms with Gasteiger partial charge in [-0.25, -0.2) is 4.99 Å². The van der Waals surface area contributed by atoms with Crippen molar-refractivity contribution in [3.8, 4) is 0 Å². The van der Waals surface area contributed by atoms with Crippen LogP contribution in [0.5, 0.6) is 0 Å². The molecule has 0 saturated heterocycles. The summed E-state index contributed by atoms with van der Waals surface area (Å²) in [5.74, 6) is 0.944. The first-order chi connectivity index (χ1) is 11.3. The van der Waals surface area contributed by atoms with Crippen molar-refractivity contribution in [2.75, 3.05) is 6.61 Å². The van der Waals surface area contributed by atoms with Gasteiger partial charge in [-0.05, 0) is 35.7 Å². The van der Waals surface area contributed by atoms with Crippen LogP contribution in [0.1, 0.15) is 30.7 Å². The molecular weight excluding hydrogens is 317 g/mol. The van der Waals surface area contributed by atoms with Crippen molar-refractivity contribution in [3.05, 3.63) is 59.4 Å². The molecule has 0 N–H and O–H groups in total. The number of ether oxygens (including phenoxy) is 1. The maximum absolute atomic E-state index is 12.8. The van der Waals surface area contributed by atoms with Crippen molar-refractivity contribution in [2.24, 2.45) is 10.9 Å². The van der Waals surface area contributed by atoms with E-state index in [-0.39, 0.29) is 6.04 Å². The fourth-order valence-corrected chi connectivity index (χ4v) is 2.66. The van der Waals surface area contributed by atoms with Crippen LogP contribution in [-0.2, 0) is 17.5 Å². The Morgan fingerprint density at radius 1 is 1.25 bits per heavy atom. The Kier molecular flexibility index (Phi) is 4.39. The van der Waals surface area contributed by atoms with E-state index in [2.05, 4.69) is 18.8 Å². The molecule has 2 heterocycles. The number of nitrogens with zero attached hydrogens (tertiary/aromatic N) is 2. The van der Waals surface area contributed by atoms with Crippen molar-refractivity contribution in [1.29, 1.82) is 0 Å². The molecule has 0 saturated carbocycles. The van der Waals surface area contributed by atoms with Crippen LogP contribution in [0.3, 0.4) is 0 Å². The van der Waals surface area contributed by atoms with Crippen molar-refractivity contribution in [1.82, 2.24) is 4.57 Å². The highest BCUT2D eigenvalue weighted by Crippen LogP contribution is 2.29. The molecule has 0 bridgehead atoms. The van der Waals surface area contributed by atoms with Gasteiger partial charge in [-0.1, -0.05) is 26.0 Å². The average molecular weight is 336 g/mol. The molecule has 3 nitrogen and oxygen atoms in total. The van der Waals surface area contributed by atoms with E-state index in [4.69, 9.17) is 4.74 Å². The molecule has 0 radical (unpaired) electrons. The van der Waals surface area contributed by atoms with E-state index in [9.17, 15) is 13.2 Å². The van der Waals surface area contributed by atoms with Crippen LogP contribution in [0.25, 0.3) is 0 Å². The second-order valence-electron chi connectivity index (χ2n) is 6.28. The number of aromatic nitrogens is 1. The molecule has 3 rings (SSSR count). The van der Waals surface area contributed by atoms with Gasteiger partial charge in [0.1, 0.15) is 12.3 Å². The van der Waals surface area contributed by atoms with E-state index in [1.54, 1.807) is 6.07 Å². The molecule has 0 spiro atoms. The number of hydrogen-bond donors (Lipinski definition) is 0. The third-order valence-corrected chi connectivity index (χ3v) is 4.10. The van der Waals surface area contributed by atoms with Crippen LogP contribution >= 0.6 is 0 Å². The number of rotatable bonds is 4. The zero-order chi connectivity index (χ0) is 17.3. The molecule has 1 aliphatic rings. The van der Waals surface area contributed by atoms with Crippen LogP contribution in [0.4, 0.5) is 13.2 Å². The zero-order valence-corrected chi connectivity index (χ0v) is 13.5. The minimum Gasteiger partial charge on any atom is -0.474 e. The highest BCUT2D eigenvalue weighted by molar-refractivity contribution is 5.93. The zero-order valence-electron chi connectivity index (χ0n) is 13.5. The number of aliphatic imine (C=N–C) groups is 1. The summed E-state index contributed by atoms with van der Waals surface area (Å²) in [7, 11) is 0. The molecule has 128 valence electrons. The number of halogens is 3. The van der Waals surface area contributed by atoms with E-state index in [1.807, 2.05) is 22.9 Å². The van der Waals surface area contributed by atoms with Gasteiger partial charge in [-0.15, -0.1) is 0 Å². The summed E-state index contributed by atoms with van der Waals surface area (Å²) >= 11 is 0. The predicted molar refractivity (Wildman–Crippen MR) is 86.1 cm³/mol. The quantitative estimate of drug-likeness (QED) is 0.815. The van der Waals surface area contributed by atoms with Crippen molar-refractivity contribution in [3.63, 3.8) is 0 Å². The summed E-state index contributed by atoms with van der Waals surface area (Å²) in [6.07, 6.45) is -2.51. The van der Waals surface area contributed by atoms with Gasteiger partial charge in [-0.3, -0.25) is 0 Å². The molecule has 2 aromatic rings. The maximum Gasteiger partial charge on any atom is 0.416 e. The largest absolute Gasteiger partial charge is 0.474 e. The van der Waals surface area contributed by atoms with Gasteiger partial charge in [0.05, 0.1) is 11.6 Å².